The molecule has 0 unspecified atom stereocenters. The van der Waals surface area contributed by atoms with Gasteiger partial charge in [0.25, 0.3) is 0 Å². The normalized spacial score (nSPS) is 32.7. The molecule has 114 valence electrons. The van der Waals surface area contributed by atoms with Gasteiger partial charge in [-0.15, -0.1) is 0 Å². The van der Waals surface area contributed by atoms with Crippen molar-refractivity contribution in [1.82, 2.24) is 14.5 Å². The second-order valence-corrected chi connectivity index (χ2v) is 5.38. The van der Waals surface area contributed by atoms with Gasteiger partial charge in [0.15, 0.2) is 0 Å². The smallest absolute Gasteiger partial charge is 0.203 e. The van der Waals surface area contributed by atoms with Crippen molar-refractivity contribution in [3.63, 3.8) is 0 Å². The van der Waals surface area contributed by atoms with E-state index >= 15 is 0 Å². The first kappa shape index (κ1) is 14.2. The lowest BCUT2D eigenvalue weighted by Crippen LogP contribution is -2.57. The summed E-state index contributed by atoms with van der Waals surface area (Å²) in [7, 11) is 1.74. The van der Waals surface area contributed by atoms with E-state index in [0.29, 0.717) is 16.9 Å². The van der Waals surface area contributed by atoms with Crippen LogP contribution in [-0.4, -0.2) is 61.8 Å². The highest BCUT2D eigenvalue weighted by molar-refractivity contribution is 5.87. The van der Waals surface area contributed by atoms with Crippen LogP contribution in [0.25, 0.3) is 11.0 Å². The molecule has 1 fully saturated rings. The summed E-state index contributed by atoms with van der Waals surface area (Å²) in [6.07, 6.45) is 2.02. The molecule has 0 aromatic carbocycles. The second-order valence-electron chi connectivity index (χ2n) is 5.38. The first-order chi connectivity index (χ1) is 9.95. The molecule has 2 aromatic rings. The first-order valence-corrected chi connectivity index (χ1v) is 6.63. The lowest BCUT2D eigenvalue weighted by Gasteiger charge is -2.37. The van der Waals surface area contributed by atoms with Crippen LogP contribution in [0.4, 0.5) is 5.82 Å². The van der Waals surface area contributed by atoms with Crippen molar-refractivity contribution in [2.75, 3.05) is 25.6 Å². The van der Waals surface area contributed by atoms with Crippen LogP contribution >= 0.6 is 0 Å². The molecular weight excluding hydrogens is 276 g/mol. The maximum Gasteiger partial charge on any atom is 0.203 e. The zero-order valence-corrected chi connectivity index (χ0v) is 11.8. The minimum absolute atomic E-state index is 0.0850. The minimum atomic E-state index is -1.82. The van der Waals surface area contributed by atoms with Gasteiger partial charge in [-0.05, 0) is 13.0 Å². The predicted molar refractivity (Wildman–Crippen MR) is 74.7 cm³/mol. The molecule has 0 aliphatic carbocycles. The fourth-order valence-electron chi connectivity index (χ4n) is 2.85. The van der Waals surface area contributed by atoms with Crippen molar-refractivity contribution in [1.29, 1.82) is 0 Å². The first-order valence-electron chi connectivity index (χ1n) is 6.63. The molecule has 8 nitrogen and oxygen atoms in total. The third kappa shape index (κ3) is 1.77. The summed E-state index contributed by atoms with van der Waals surface area (Å²) < 4.78 is 6.76. The quantitative estimate of drug-likeness (QED) is 0.590. The number of aliphatic hydroxyl groups is 3. The van der Waals surface area contributed by atoms with E-state index in [2.05, 4.69) is 15.3 Å². The lowest BCUT2D eigenvalue weighted by molar-refractivity contribution is -0.186. The maximum absolute atomic E-state index is 11.0. The Bertz CT molecular complexity index is 671. The van der Waals surface area contributed by atoms with E-state index in [1.807, 2.05) is 0 Å². The maximum atomic E-state index is 11.0. The van der Waals surface area contributed by atoms with Gasteiger partial charge in [-0.3, -0.25) is 4.57 Å². The van der Waals surface area contributed by atoms with E-state index in [1.54, 1.807) is 19.3 Å². The number of rotatable bonds is 3. The molecular formula is C13H18N4O4. The number of aliphatic hydroxyl groups excluding tert-OH is 1. The van der Waals surface area contributed by atoms with E-state index in [1.165, 1.54) is 17.8 Å². The van der Waals surface area contributed by atoms with Gasteiger partial charge in [0.05, 0.1) is 18.6 Å². The van der Waals surface area contributed by atoms with Gasteiger partial charge in [-0.25, -0.2) is 9.97 Å². The Morgan fingerprint density at radius 1 is 1.48 bits per heavy atom. The number of nitrogens with one attached hydrogen (secondary N) is 1. The van der Waals surface area contributed by atoms with Gasteiger partial charge in [0.1, 0.15) is 29.5 Å². The standard InChI is InChI=1S/C13H18N4O4/c1-12(19)6-21-9(5-18)13(12,20)17-4-3-8-10(14-2)15-7-16-11(8)17/h3-4,7,9,18-20H,5-6H2,1-2H3,(H,14,15,16)/t9-,12+,13-/m1/s1. The third-order valence-corrected chi connectivity index (χ3v) is 4.06. The van der Waals surface area contributed by atoms with Gasteiger partial charge in [0, 0.05) is 13.2 Å². The Labute approximate surface area is 121 Å². The van der Waals surface area contributed by atoms with Gasteiger partial charge < -0.3 is 25.4 Å². The minimum Gasteiger partial charge on any atom is -0.393 e. The van der Waals surface area contributed by atoms with Crippen LogP contribution in [0.5, 0.6) is 0 Å². The fraction of sp³-hybridized carbons (Fsp3) is 0.538. The van der Waals surface area contributed by atoms with Crippen molar-refractivity contribution < 1.29 is 20.1 Å². The topological polar surface area (TPSA) is 113 Å². The van der Waals surface area contributed by atoms with Gasteiger partial charge >= 0.3 is 0 Å². The number of fused-ring (bicyclic) bond motifs is 1. The van der Waals surface area contributed by atoms with Crippen molar-refractivity contribution in [3.8, 4) is 0 Å². The molecule has 0 amide bonds. The number of hydrogen-bond acceptors (Lipinski definition) is 7. The number of hydrogen-bond donors (Lipinski definition) is 4. The molecule has 3 rings (SSSR count). The van der Waals surface area contributed by atoms with E-state index in [4.69, 9.17) is 4.74 Å². The molecule has 8 heteroatoms. The zero-order chi connectivity index (χ0) is 15.3. The third-order valence-electron chi connectivity index (χ3n) is 4.06. The van der Waals surface area contributed by atoms with E-state index in [-0.39, 0.29) is 6.61 Å². The lowest BCUT2D eigenvalue weighted by atomic mass is 9.91. The number of ether oxygens (including phenoxy) is 1. The SMILES string of the molecule is CNc1ncnc2c1ccn2[C@@]1(O)[C@@H](CO)OC[C@]1(C)O. The van der Waals surface area contributed by atoms with Crippen molar-refractivity contribution in [2.24, 2.45) is 0 Å². The molecule has 0 saturated carbocycles. The van der Waals surface area contributed by atoms with Gasteiger partial charge in [0.2, 0.25) is 5.72 Å². The molecule has 0 radical (unpaired) electrons. The molecule has 3 atom stereocenters. The van der Waals surface area contributed by atoms with Crippen LogP contribution in [0.3, 0.4) is 0 Å². The van der Waals surface area contributed by atoms with Crippen LogP contribution in [-0.2, 0) is 10.5 Å². The largest absolute Gasteiger partial charge is 0.393 e. The summed E-state index contributed by atoms with van der Waals surface area (Å²) >= 11 is 0. The van der Waals surface area contributed by atoms with Gasteiger partial charge in [-0.1, -0.05) is 0 Å². The summed E-state index contributed by atoms with van der Waals surface area (Å²) in [5.74, 6) is 0.612. The highest BCUT2D eigenvalue weighted by atomic mass is 16.6. The van der Waals surface area contributed by atoms with E-state index in [9.17, 15) is 15.3 Å². The molecule has 1 saturated heterocycles. The molecule has 2 aromatic heterocycles. The van der Waals surface area contributed by atoms with Crippen molar-refractivity contribution in [3.05, 3.63) is 18.6 Å². The van der Waals surface area contributed by atoms with Crippen LogP contribution in [0.2, 0.25) is 0 Å². The fourth-order valence-corrected chi connectivity index (χ4v) is 2.85. The predicted octanol–water partition coefficient (Wildman–Crippen LogP) is -0.740. The van der Waals surface area contributed by atoms with Crippen LogP contribution < -0.4 is 5.32 Å². The molecule has 1 aliphatic rings. The Morgan fingerprint density at radius 3 is 2.90 bits per heavy atom. The Balaban J connectivity index is 2.23. The number of anilines is 1. The molecule has 0 spiro atoms. The Kier molecular flexibility index (Phi) is 3.14. The van der Waals surface area contributed by atoms with Crippen molar-refractivity contribution in [2.45, 2.75) is 24.4 Å². The highest BCUT2D eigenvalue weighted by Gasteiger charge is 2.59. The summed E-state index contributed by atoms with van der Waals surface area (Å²) in [5.41, 5.74) is -2.93. The highest BCUT2D eigenvalue weighted by Crippen LogP contribution is 2.41. The zero-order valence-electron chi connectivity index (χ0n) is 11.8. The summed E-state index contributed by atoms with van der Waals surface area (Å²) in [5, 5.41) is 34.7. The van der Waals surface area contributed by atoms with Crippen LogP contribution in [0.15, 0.2) is 18.6 Å². The molecule has 1 aliphatic heterocycles. The number of nitrogens with zero attached hydrogens (tertiary/aromatic N) is 3. The molecule has 3 heterocycles. The Morgan fingerprint density at radius 2 is 2.24 bits per heavy atom. The van der Waals surface area contributed by atoms with Crippen molar-refractivity contribution >= 4 is 16.9 Å². The van der Waals surface area contributed by atoms with E-state index in [0.717, 1.165) is 0 Å². The Hall–Kier alpha value is -1.74. The van der Waals surface area contributed by atoms with Gasteiger partial charge in [-0.2, -0.15) is 0 Å². The average molecular weight is 294 g/mol. The summed E-state index contributed by atoms with van der Waals surface area (Å²) in [6.45, 7) is 0.962. The molecule has 4 N–H and O–H groups in total. The monoisotopic (exact) mass is 294 g/mol. The average Bonchev–Trinajstić information content (AvgIpc) is 2.99. The molecule has 21 heavy (non-hydrogen) atoms. The number of aromatic nitrogens is 3. The van der Waals surface area contributed by atoms with Crippen LogP contribution in [0.1, 0.15) is 6.92 Å². The summed E-state index contributed by atoms with van der Waals surface area (Å²) in [6, 6.07) is 1.74. The summed E-state index contributed by atoms with van der Waals surface area (Å²) in [4.78, 5) is 8.28. The molecule has 0 bridgehead atoms. The van der Waals surface area contributed by atoms with E-state index < -0.39 is 24.0 Å². The van der Waals surface area contributed by atoms with Crippen LogP contribution in [0, 0.1) is 0 Å². The second kappa shape index (κ2) is 4.63.